The van der Waals surface area contributed by atoms with E-state index >= 15 is 0 Å². The van der Waals surface area contributed by atoms with Gasteiger partial charge >= 0.3 is 12.1 Å². The van der Waals surface area contributed by atoms with E-state index in [1.54, 1.807) is 24.5 Å². The average Bonchev–Trinajstić information content (AvgIpc) is 3.35. The molecule has 6 nitrogen and oxygen atoms in total. The Morgan fingerprint density at radius 1 is 1.13 bits per heavy atom. The second-order valence-electron chi connectivity index (χ2n) is 7.75. The molecule has 2 aliphatic rings. The number of carboxylic acid groups (broad SMARTS) is 1. The van der Waals surface area contributed by atoms with Gasteiger partial charge in [0, 0.05) is 32.7 Å². The van der Waals surface area contributed by atoms with Crippen molar-refractivity contribution in [3.8, 4) is 0 Å². The molecule has 168 valence electrons. The highest BCUT2D eigenvalue weighted by Crippen LogP contribution is 2.33. The molecule has 0 unspecified atom stereocenters. The first-order valence-electron chi connectivity index (χ1n) is 9.65. The summed E-state index contributed by atoms with van der Waals surface area (Å²) in [7, 11) is 0. The fourth-order valence-corrected chi connectivity index (χ4v) is 4.06. The van der Waals surface area contributed by atoms with Crippen LogP contribution in [0.1, 0.15) is 21.7 Å². The molecule has 1 N–H and O–H groups in total. The number of rotatable bonds is 3. The molecule has 0 radical (unpaired) electrons. The number of hydrogen-bond donors (Lipinski definition) is 1. The number of aliphatic carboxylic acids is 1. The van der Waals surface area contributed by atoms with Crippen molar-refractivity contribution in [1.29, 1.82) is 0 Å². The Kier molecular flexibility index (Phi) is 6.68. The molecule has 2 fully saturated rings. The van der Waals surface area contributed by atoms with Crippen molar-refractivity contribution in [2.45, 2.75) is 19.6 Å². The second-order valence-corrected chi connectivity index (χ2v) is 7.75. The van der Waals surface area contributed by atoms with Crippen LogP contribution in [0.3, 0.4) is 0 Å². The topological polar surface area (TPSA) is 74.0 Å². The summed E-state index contributed by atoms with van der Waals surface area (Å²) in [4.78, 5) is 25.8. The molecule has 0 aliphatic carbocycles. The number of likely N-dealkylation sites (tertiary alicyclic amines) is 2. The molecular weight excluding hydrogens is 420 g/mol. The summed E-state index contributed by atoms with van der Waals surface area (Å²) in [5.74, 6) is -1.16. The molecule has 4 rings (SSSR count). The molecule has 1 aromatic heterocycles. The van der Waals surface area contributed by atoms with E-state index in [0.717, 1.165) is 38.3 Å². The number of nitrogens with zero attached hydrogens (tertiary/aromatic N) is 2. The highest BCUT2D eigenvalue weighted by molar-refractivity contribution is 5.95. The van der Waals surface area contributed by atoms with Crippen molar-refractivity contribution in [1.82, 2.24) is 9.80 Å². The van der Waals surface area contributed by atoms with Gasteiger partial charge in [0.1, 0.15) is 11.6 Å². The standard InChI is InChI=1S/C19H21FN2O2.C2HF3O2/c1-13-18(5-6-24-13)19(23)22-11-15-9-21(10-16(15)12-22)8-14-3-2-4-17(20)7-14;3-2(4,5)1(6)7/h2-7,15-16H,8-12H2,1H3;(H,6,7)/t15-,16+;. The van der Waals surface area contributed by atoms with E-state index in [-0.39, 0.29) is 11.7 Å². The van der Waals surface area contributed by atoms with Gasteiger partial charge in [-0.2, -0.15) is 13.2 Å². The minimum Gasteiger partial charge on any atom is -0.475 e. The van der Waals surface area contributed by atoms with E-state index in [1.165, 1.54) is 6.07 Å². The van der Waals surface area contributed by atoms with E-state index in [4.69, 9.17) is 14.3 Å². The second kappa shape index (κ2) is 9.09. The first-order chi connectivity index (χ1) is 14.5. The highest BCUT2D eigenvalue weighted by atomic mass is 19.4. The molecule has 0 saturated carbocycles. The lowest BCUT2D eigenvalue weighted by atomic mass is 10.0. The van der Waals surface area contributed by atoms with Crippen LogP contribution in [0.25, 0.3) is 0 Å². The summed E-state index contributed by atoms with van der Waals surface area (Å²) in [5, 5.41) is 7.12. The van der Waals surface area contributed by atoms with Crippen LogP contribution in [0.5, 0.6) is 0 Å². The molecule has 0 spiro atoms. The van der Waals surface area contributed by atoms with Crippen molar-refractivity contribution < 1.29 is 36.7 Å². The number of carboxylic acids is 1. The maximum absolute atomic E-state index is 13.3. The number of alkyl halides is 3. The van der Waals surface area contributed by atoms with Crippen LogP contribution in [0.4, 0.5) is 17.6 Å². The molecule has 2 aromatic rings. The molecule has 2 atom stereocenters. The molecule has 2 aliphatic heterocycles. The lowest BCUT2D eigenvalue weighted by molar-refractivity contribution is -0.192. The van der Waals surface area contributed by atoms with Crippen molar-refractivity contribution in [3.05, 3.63) is 59.3 Å². The molecule has 1 aromatic carbocycles. The molecule has 31 heavy (non-hydrogen) atoms. The van der Waals surface area contributed by atoms with Gasteiger partial charge in [0.15, 0.2) is 0 Å². The number of aryl methyl sites for hydroxylation is 1. The number of carbonyl (C=O) groups is 2. The third-order valence-corrected chi connectivity index (χ3v) is 5.48. The number of fused-ring (bicyclic) bond motifs is 1. The van der Waals surface area contributed by atoms with Crippen LogP contribution in [0.2, 0.25) is 0 Å². The monoisotopic (exact) mass is 442 g/mol. The van der Waals surface area contributed by atoms with Gasteiger partial charge in [0.25, 0.3) is 5.91 Å². The number of benzene rings is 1. The third-order valence-electron chi connectivity index (χ3n) is 5.48. The number of furan rings is 1. The third kappa shape index (κ3) is 5.63. The zero-order valence-electron chi connectivity index (χ0n) is 16.7. The Morgan fingerprint density at radius 2 is 1.74 bits per heavy atom. The highest BCUT2D eigenvalue weighted by Gasteiger charge is 2.42. The van der Waals surface area contributed by atoms with E-state index in [1.807, 2.05) is 17.9 Å². The van der Waals surface area contributed by atoms with Gasteiger partial charge in [-0.1, -0.05) is 12.1 Å². The minimum atomic E-state index is -5.08. The maximum atomic E-state index is 13.3. The summed E-state index contributed by atoms with van der Waals surface area (Å²) < 4.78 is 50.3. The quantitative estimate of drug-likeness (QED) is 0.736. The van der Waals surface area contributed by atoms with Crippen molar-refractivity contribution in [2.24, 2.45) is 11.8 Å². The van der Waals surface area contributed by atoms with Crippen LogP contribution < -0.4 is 0 Å². The number of amides is 1. The van der Waals surface area contributed by atoms with Crippen LogP contribution in [0.15, 0.2) is 41.0 Å². The van der Waals surface area contributed by atoms with Crippen molar-refractivity contribution >= 4 is 11.9 Å². The Balaban J connectivity index is 0.000000339. The van der Waals surface area contributed by atoms with Crippen molar-refractivity contribution in [2.75, 3.05) is 26.2 Å². The zero-order valence-corrected chi connectivity index (χ0v) is 16.7. The average molecular weight is 442 g/mol. The van der Waals surface area contributed by atoms with E-state index in [2.05, 4.69) is 4.90 Å². The lowest BCUT2D eigenvalue weighted by Crippen LogP contribution is -2.33. The summed E-state index contributed by atoms with van der Waals surface area (Å²) in [6.45, 7) is 6.14. The smallest absolute Gasteiger partial charge is 0.475 e. The van der Waals surface area contributed by atoms with Crippen LogP contribution >= 0.6 is 0 Å². The van der Waals surface area contributed by atoms with Crippen molar-refractivity contribution in [3.63, 3.8) is 0 Å². The van der Waals surface area contributed by atoms with Crippen LogP contribution in [-0.4, -0.2) is 59.1 Å². The largest absolute Gasteiger partial charge is 0.490 e. The first kappa shape index (κ1) is 22.8. The number of hydrogen-bond acceptors (Lipinski definition) is 4. The van der Waals surface area contributed by atoms with Crippen LogP contribution in [0, 0.1) is 24.6 Å². The van der Waals surface area contributed by atoms with E-state index < -0.39 is 12.1 Å². The molecule has 0 bridgehead atoms. The Labute approximate surface area is 176 Å². The van der Waals surface area contributed by atoms with Gasteiger partial charge in [-0.3, -0.25) is 9.69 Å². The summed E-state index contributed by atoms with van der Waals surface area (Å²) >= 11 is 0. The normalized spacial score (nSPS) is 20.9. The Morgan fingerprint density at radius 3 is 2.23 bits per heavy atom. The van der Waals surface area contributed by atoms with Gasteiger partial charge < -0.3 is 14.4 Å². The fraction of sp³-hybridized carbons (Fsp3) is 0.429. The van der Waals surface area contributed by atoms with Crippen LogP contribution in [-0.2, 0) is 11.3 Å². The summed E-state index contributed by atoms with van der Waals surface area (Å²) in [6, 6.07) is 8.56. The van der Waals surface area contributed by atoms with Gasteiger partial charge in [-0.05, 0) is 42.5 Å². The van der Waals surface area contributed by atoms with Gasteiger partial charge in [-0.25, -0.2) is 9.18 Å². The SMILES string of the molecule is Cc1occc1C(=O)N1C[C@H]2CN(Cc3cccc(F)c3)C[C@H]2C1.O=C(O)C(F)(F)F. The molecule has 1 amide bonds. The van der Waals surface area contributed by atoms with E-state index in [0.29, 0.717) is 23.2 Å². The zero-order chi connectivity index (χ0) is 22.8. The number of carbonyl (C=O) groups excluding carboxylic acids is 1. The first-order valence-corrected chi connectivity index (χ1v) is 9.65. The Hall–Kier alpha value is -2.88. The van der Waals surface area contributed by atoms with Gasteiger partial charge in [-0.15, -0.1) is 0 Å². The minimum absolute atomic E-state index is 0.0762. The molecule has 3 heterocycles. The van der Waals surface area contributed by atoms with Gasteiger partial charge in [0.05, 0.1) is 11.8 Å². The van der Waals surface area contributed by atoms with Gasteiger partial charge in [0.2, 0.25) is 0 Å². The predicted molar refractivity (Wildman–Crippen MR) is 102 cm³/mol. The summed E-state index contributed by atoms with van der Waals surface area (Å²) in [5.41, 5.74) is 1.68. The molecule has 10 heteroatoms. The maximum Gasteiger partial charge on any atom is 0.490 e. The molecule has 2 saturated heterocycles. The summed E-state index contributed by atoms with van der Waals surface area (Å²) in [6.07, 6.45) is -3.51. The van der Waals surface area contributed by atoms with E-state index in [9.17, 15) is 22.4 Å². The Bertz CT molecular complexity index is 929. The predicted octanol–water partition coefficient (Wildman–Crippen LogP) is 3.56. The molecular formula is C21H22F4N2O4. The number of halogens is 4. The lowest BCUT2D eigenvalue weighted by Gasteiger charge is -2.21. The fourth-order valence-electron chi connectivity index (χ4n) is 4.06.